The summed E-state index contributed by atoms with van der Waals surface area (Å²) in [6, 6.07) is 7.72. The fourth-order valence-electron chi connectivity index (χ4n) is 2.06. The van der Waals surface area contributed by atoms with Crippen molar-refractivity contribution < 1.29 is 4.79 Å². The number of nitrogens with one attached hydrogen (secondary N) is 1. The number of carbonyl (C=O) groups is 1. The lowest BCUT2D eigenvalue weighted by Gasteiger charge is -2.32. The van der Waals surface area contributed by atoms with Gasteiger partial charge in [0.15, 0.2) is 0 Å². The van der Waals surface area contributed by atoms with Gasteiger partial charge in [0.2, 0.25) is 5.91 Å². The highest BCUT2D eigenvalue weighted by Crippen LogP contribution is 2.26. The van der Waals surface area contributed by atoms with Gasteiger partial charge in [-0.05, 0) is 38.2 Å². The average Bonchev–Trinajstić information content (AvgIpc) is 2.35. The fraction of sp³-hybridized carbons (Fsp3) is 0.500. The summed E-state index contributed by atoms with van der Waals surface area (Å²) in [6.45, 7) is 3.53. The van der Waals surface area contributed by atoms with E-state index in [1.807, 2.05) is 45.3 Å². The van der Waals surface area contributed by atoms with E-state index in [1.165, 1.54) is 0 Å². The molecule has 5 heteroatoms. The van der Waals surface area contributed by atoms with Crippen LogP contribution in [-0.2, 0) is 10.3 Å². The van der Waals surface area contributed by atoms with Gasteiger partial charge in [-0.3, -0.25) is 10.1 Å². The van der Waals surface area contributed by atoms with Crippen molar-refractivity contribution in [1.82, 2.24) is 10.2 Å². The number of primary amides is 1. The normalized spacial score (nSPS) is 14.4. The van der Waals surface area contributed by atoms with Crippen LogP contribution in [-0.4, -0.2) is 38.0 Å². The summed E-state index contributed by atoms with van der Waals surface area (Å²) in [5, 5.41) is 3.32. The van der Waals surface area contributed by atoms with Crippen molar-refractivity contribution in [3.05, 3.63) is 34.3 Å². The molecule has 0 saturated heterocycles. The van der Waals surface area contributed by atoms with Crippen molar-refractivity contribution in [2.45, 2.75) is 18.9 Å². The number of hydrogen-bond donors (Lipinski definition) is 2. The molecule has 0 heterocycles. The van der Waals surface area contributed by atoms with Gasteiger partial charge >= 0.3 is 0 Å². The van der Waals surface area contributed by atoms with Gasteiger partial charge in [0.1, 0.15) is 5.54 Å². The Morgan fingerprint density at radius 3 is 2.37 bits per heavy atom. The standard InChI is InChI=1S/C14H22BrN3O/c1-4-14(13(16)19,17-9-10-18(2)3)11-5-7-12(15)8-6-11/h5-8,17H,4,9-10H2,1-3H3,(H2,16,19). The maximum atomic E-state index is 11.9. The van der Waals surface area contributed by atoms with E-state index in [0.29, 0.717) is 13.0 Å². The van der Waals surface area contributed by atoms with Gasteiger partial charge in [0.05, 0.1) is 0 Å². The summed E-state index contributed by atoms with van der Waals surface area (Å²) in [6.07, 6.45) is 0.622. The molecule has 1 unspecified atom stereocenters. The summed E-state index contributed by atoms with van der Waals surface area (Å²) < 4.78 is 0.985. The first-order valence-corrected chi connectivity index (χ1v) is 7.17. The van der Waals surface area contributed by atoms with Crippen molar-refractivity contribution >= 4 is 21.8 Å². The highest BCUT2D eigenvalue weighted by atomic mass is 79.9. The van der Waals surface area contributed by atoms with Crippen LogP contribution in [0.1, 0.15) is 18.9 Å². The molecule has 0 aliphatic heterocycles. The zero-order chi connectivity index (χ0) is 14.5. The highest BCUT2D eigenvalue weighted by Gasteiger charge is 2.35. The first-order valence-electron chi connectivity index (χ1n) is 6.38. The topological polar surface area (TPSA) is 58.4 Å². The molecule has 0 aromatic heterocycles. The second kappa shape index (κ2) is 7.03. The minimum absolute atomic E-state index is 0.337. The number of likely N-dealkylation sites (N-methyl/N-ethyl adjacent to an activating group) is 1. The number of amides is 1. The van der Waals surface area contributed by atoms with Crippen LogP contribution in [0.15, 0.2) is 28.7 Å². The monoisotopic (exact) mass is 327 g/mol. The molecule has 1 rings (SSSR count). The summed E-state index contributed by atoms with van der Waals surface area (Å²) in [7, 11) is 4.00. The molecule has 106 valence electrons. The maximum Gasteiger partial charge on any atom is 0.242 e. The number of halogens is 1. The Balaban J connectivity index is 2.98. The molecule has 1 aromatic rings. The number of benzene rings is 1. The van der Waals surface area contributed by atoms with Crippen molar-refractivity contribution in [2.24, 2.45) is 5.73 Å². The third-order valence-corrected chi connectivity index (χ3v) is 3.80. The quantitative estimate of drug-likeness (QED) is 0.801. The Bertz CT molecular complexity index is 419. The first-order chi connectivity index (χ1) is 8.92. The molecule has 0 aliphatic carbocycles. The van der Waals surface area contributed by atoms with Crippen LogP contribution in [0.2, 0.25) is 0 Å². The molecule has 4 nitrogen and oxygen atoms in total. The Hall–Kier alpha value is -0.910. The number of nitrogens with zero attached hydrogens (tertiary/aromatic N) is 1. The Kier molecular flexibility index (Phi) is 5.97. The van der Waals surface area contributed by atoms with E-state index in [1.54, 1.807) is 0 Å². The molecule has 0 aliphatic rings. The molecule has 1 atom stereocenters. The number of rotatable bonds is 7. The van der Waals surface area contributed by atoms with Crippen LogP contribution in [0.3, 0.4) is 0 Å². The van der Waals surface area contributed by atoms with E-state index < -0.39 is 5.54 Å². The van der Waals surface area contributed by atoms with Crippen LogP contribution in [0.4, 0.5) is 0 Å². The molecular weight excluding hydrogens is 306 g/mol. The average molecular weight is 328 g/mol. The van der Waals surface area contributed by atoms with Gasteiger partial charge < -0.3 is 10.6 Å². The summed E-state index contributed by atoms with van der Waals surface area (Å²) >= 11 is 3.40. The lowest BCUT2D eigenvalue weighted by molar-refractivity contribution is -0.125. The van der Waals surface area contributed by atoms with Gasteiger partial charge in [-0.2, -0.15) is 0 Å². The predicted molar refractivity (Wildman–Crippen MR) is 81.9 cm³/mol. The Morgan fingerprint density at radius 2 is 1.95 bits per heavy atom. The van der Waals surface area contributed by atoms with E-state index in [0.717, 1.165) is 16.6 Å². The Labute approximate surface area is 123 Å². The molecule has 0 fully saturated rings. The molecule has 3 N–H and O–H groups in total. The first kappa shape index (κ1) is 16.1. The van der Waals surface area contributed by atoms with E-state index in [9.17, 15) is 4.79 Å². The largest absolute Gasteiger partial charge is 0.368 e. The van der Waals surface area contributed by atoms with Gasteiger partial charge in [-0.15, -0.1) is 0 Å². The van der Waals surface area contributed by atoms with E-state index in [-0.39, 0.29) is 5.91 Å². The van der Waals surface area contributed by atoms with Crippen LogP contribution >= 0.6 is 15.9 Å². The molecule has 19 heavy (non-hydrogen) atoms. The van der Waals surface area contributed by atoms with Gasteiger partial charge in [-0.1, -0.05) is 35.0 Å². The van der Waals surface area contributed by atoms with E-state index >= 15 is 0 Å². The van der Waals surface area contributed by atoms with E-state index in [2.05, 4.69) is 26.1 Å². The minimum atomic E-state index is -0.795. The van der Waals surface area contributed by atoms with Crippen LogP contribution in [0.5, 0.6) is 0 Å². The number of hydrogen-bond acceptors (Lipinski definition) is 3. The van der Waals surface area contributed by atoms with E-state index in [4.69, 9.17) is 5.73 Å². The third kappa shape index (κ3) is 4.03. The maximum absolute atomic E-state index is 11.9. The summed E-state index contributed by atoms with van der Waals surface area (Å²) in [4.78, 5) is 14.0. The molecule has 0 saturated carbocycles. The van der Waals surface area contributed by atoms with Gasteiger partial charge in [-0.25, -0.2) is 0 Å². The lowest BCUT2D eigenvalue weighted by atomic mass is 9.86. The summed E-state index contributed by atoms with van der Waals surface area (Å²) in [5.74, 6) is -0.337. The minimum Gasteiger partial charge on any atom is -0.368 e. The molecule has 0 radical (unpaired) electrons. The van der Waals surface area contributed by atoms with Gasteiger partial charge in [0.25, 0.3) is 0 Å². The lowest BCUT2D eigenvalue weighted by Crippen LogP contribution is -2.53. The van der Waals surface area contributed by atoms with Crippen molar-refractivity contribution in [3.8, 4) is 0 Å². The SMILES string of the molecule is CCC(NCCN(C)C)(C(N)=O)c1ccc(Br)cc1. The van der Waals surface area contributed by atoms with Crippen LogP contribution < -0.4 is 11.1 Å². The smallest absolute Gasteiger partial charge is 0.242 e. The molecule has 1 aromatic carbocycles. The zero-order valence-corrected chi connectivity index (χ0v) is 13.3. The predicted octanol–water partition coefficient (Wildman–Crippen LogP) is 1.69. The molecule has 0 bridgehead atoms. The van der Waals surface area contributed by atoms with Crippen LogP contribution in [0.25, 0.3) is 0 Å². The summed E-state index contributed by atoms with van der Waals surface area (Å²) in [5.41, 5.74) is 5.75. The third-order valence-electron chi connectivity index (χ3n) is 3.27. The Morgan fingerprint density at radius 1 is 1.37 bits per heavy atom. The van der Waals surface area contributed by atoms with Crippen LogP contribution in [0, 0.1) is 0 Å². The molecule has 1 amide bonds. The highest BCUT2D eigenvalue weighted by molar-refractivity contribution is 9.10. The zero-order valence-electron chi connectivity index (χ0n) is 11.7. The second-order valence-corrected chi connectivity index (χ2v) is 5.78. The molecular formula is C14H22BrN3O. The van der Waals surface area contributed by atoms with Crippen molar-refractivity contribution in [1.29, 1.82) is 0 Å². The van der Waals surface area contributed by atoms with Crippen molar-refractivity contribution in [3.63, 3.8) is 0 Å². The number of carbonyl (C=O) groups excluding carboxylic acids is 1. The van der Waals surface area contributed by atoms with Gasteiger partial charge in [0, 0.05) is 17.6 Å². The number of nitrogens with two attached hydrogens (primary N) is 1. The molecule has 0 spiro atoms. The van der Waals surface area contributed by atoms with Crippen molar-refractivity contribution in [2.75, 3.05) is 27.2 Å². The second-order valence-electron chi connectivity index (χ2n) is 4.86. The fourth-order valence-corrected chi connectivity index (χ4v) is 2.33.